The Morgan fingerprint density at radius 2 is 1.63 bits per heavy atom. The average Bonchev–Trinajstić information content (AvgIpc) is 2.77. The molecule has 0 atom stereocenters. The molecule has 1 heterocycles. The Morgan fingerprint density at radius 3 is 2.37 bits per heavy atom. The Hall–Kier alpha value is -2.10. The first-order valence-electron chi connectivity index (χ1n) is 5.71. The van der Waals surface area contributed by atoms with Crippen LogP contribution in [0.4, 0.5) is 0 Å². The van der Waals surface area contributed by atoms with E-state index in [4.69, 9.17) is 5.73 Å². The topological polar surface area (TPSA) is 72.2 Å². The average molecular weight is 318 g/mol. The number of nitrogens with one attached hydrogen (secondary N) is 1. The number of nitrogens with two attached hydrogens (primary N) is 1. The fourth-order valence-electron chi connectivity index (χ4n) is 2.06. The van der Waals surface area contributed by atoms with Crippen molar-refractivity contribution in [3.8, 4) is 0 Å². The molecule has 0 aromatic heterocycles. The van der Waals surface area contributed by atoms with Crippen molar-refractivity contribution in [1.82, 2.24) is 4.33 Å². The van der Waals surface area contributed by atoms with Crippen LogP contribution in [0.5, 0.6) is 0 Å². The summed E-state index contributed by atoms with van der Waals surface area (Å²) in [4.78, 5) is 23.4. The van der Waals surface area contributed by atoms with Crippen molar-refractivity contribution in [2.24, 2.45) is 5.73 Å². The van der Waals surface area contributed by atoms with Gasteiger partial charge in [0.25, 0.3) is 0 Å². The molecule has 1 radical (unpaired) electrons. The van der Waals surface area contributed by atoms with Gasteiger partial charge in [-0.25, -0.2) is 0 Å². The number of primary amides is 1. The Balaban J connectivity index is 2.15. The van der Waals surface area contributed by atoms with Gasteiger partial charge in [0.15, 0.2) is 0 Å². The number of fused-ring (bicyclic) bond motifs is 1. The van der Waals surface area contributed by atoms with Gasteiger partial charge in [0.2, 0.25) is 0 Å². The van der Waals surface area contributed by atoms with Gasteiger partial charge in [-0.1, -0.05) is 0 Å². The van der Waals surface area contributed by atoms with E-state index in [1.807, 2.05) is 30.3 Å². The zero-order valence-corrected chi connectivity index (χ0v) is 11.6. The molecule has 2 amide bonds. The first-order valence-corrected chi connectivity index (χ1v) is 8.28. The van der Waals surface area contributed by atoms with E-state index < -0.39 is 20.0 Å². The molecule has 0 saturated heterocycles. The van der Waals surface area contributed by atoms with E-state index in [0.29, 0.717) is 11.1 Å². The minimum absolute atomic E-state index is 0.0696. The fraction of sp³-hybridized carbons (Fsp3) is 0. The predicted molar refractivity (Wildman–Crippen MR) is 73.9 cm³/mol. The van der Waals surface area contributed by atoms with Gasteiger partial charge >= 0.3 is 114 Å². The van der Waals surface area contributed by atoms with Crippen LogP contribution in [0, 0.1) is 0 Å². The standard InChI is InChI=1S/C14H11N2O2Se/c15-13(17)9-5-1-3-7-11(9)19-12-8-4-2-6-10(12)14(18)16-19/h1-8H,(H2,15,17)(H,16,18). The molecule has 0 aliphatic carbocycles. The van der Waals surface area contributed by atoms with E-state index in [0.717, 1.165) is 8.92 Å². The van der Waals surface area contributed by atoms with E-state index in [2.05, 4.69) is 4.33 Å². The van der Waals surface area contributed by atoms with Crippen molar-refractivity contribution in [3.63, 3.8) is 0 Å². The number of carbonyl (C=O) groups excluding carboxylic acids is 2. The Kier molecular flexibility index (Phi) is 2.85. The normalized spacial score (nSPS) is 14.0. The molecular weight excluding hydrogens is 307 g/mol. The van der Waals surface area contributed by atoms with Crippen LogP contribution in [0.25, 0.3) is 0 Å². The van der Waals surface area contributed by atoms with Crippen molar-refractivity contribution in [3.05, 3.63) is 59.7 Å². The van der Waals surface area contributed by atoms with Crippen molar-refractivity contribution in [2.75, 3.05) is 0 Å². The summed E-state index contributed by atoms with van der Waals surface area (Å²) in [5, 5.41) is 0. The van der Waals surface area contributed by atoms with Crippen LogP contribution < -0.4 is 19.0 Å². The van der Waals surface area contributed by atoms with Crippen LogP contribution in [0.2, 0.25) is 0 Å². The van der Waals surface area contributed by atoms with Crippen LogP contribution in [0.1, 0.15) is 20.7 Å². The van der Waals surface area contributed by atoms with Crippen LogP contribution >= 0.6 is 0 Å². The van der Waals surface area contributed by atoms with Crippen LogP contribution in [0.15, 0.2) is 48.5 Å². The molecule has 1 aliphatic heterocycles. The molecule has 0 fully saturated rings. The molecule has 0 saturated carbocycles. The van der Waals surface area contributed by atoms with Crippen LogP contribution in [-0.2, 0) is 0 Å². The van der Waals surface area contributed by atoms with E-state index >= 15 is 0 Å². The third-order valence-electron chi connectivity index (χ3n) is 2.92. The van der Waals surface area contributed by atoms with Crippen molar-refractivity contribution in [2.45, 2.75) is 0 Å². The SMILES string of the molecule is NC(=O)c1ccccc1[Se]1NC(=O)c2ccccc21. The Labute approximate surface area is 114 Å². The van der Waals surface area contributed by atoms with Gasteiger partial charge in [0, 0.05) is 0 Å². The first-order chi connectivity index (χ1) is 9.18. The Bertz CT molecular complexity index is 685. The molecule has 0 bridgehead atoms. The number of rotatable bonds is 2. The first kappa shape index (κ1) is 12.0. The number of benzene rings is 2. The number of hydrogen-bond donors (Lipinski definition) is 2. The van der Waals surface area contributed by atoms with E-state index in [9.17, 15) is 9.59 Å². The molecule has 1 aliphatic rings. The summed E-state index contributed by atoms with van der Waals surface area (Å²) in [5.41, 5.74) is 6.60. The van der Waals surface area contributed by atoms with Crippen molar-refractivity contribution in [1.29, 1.82) is 0 Å². The minimum atomic E-state index is -1.73. The second-order valence-corrected chi connectivity index (χ2v) is 7.65. The molecule has 2 aromatic rings. The second-order valence-electron chi connectivity index (χ2n) is 4.09. The van der Waals surface area contributed by atoms with Crippen LogP contribution in [-0.4, -0.2) is 25.9 Å². The maximum atomic E-state index is 11.9. The molecule has 0 unspecified atom stereocenters. The monoisotopic (exact) mass is 319 g/mol. The van der Waals surface area contributed by atoms with Gasteiger partial charge in [0.1, 0.15) is 0 Å². The molecule has 95 valence electrons. The zero-order valence-electron chi connectivity index (χ0n) is 9.92. The molecular formula is C14H11N2O2Se. The summed E-state index contributed by atoms with van der Waals surface area (Å²) in [6, 6.07) is 14.7. The van der Waals surface area contributed by atoms with E-state index in [-0.39, 0.29) is 5.91 Å². The third-order valence-corrected chi connectivity index (χ3v) is 7.08. The maximum absolute atomic E-state index is 11.9. The van der Waals surface area contributed by atoms with Crippen molar-refractivity contribution < 1.29 is 9.59 Å². The van der Waals surface area contributed by atoms with Gasteiger partial charge in [-0.3, -0.25) is 0 Å². The molecule has 2 aromatic carbocycles. The molecule has 3 rings (SSSR count). The Morgan fingerprint density at radius 1 is 1.00 bits per heavy atom. The van der Waals surface area contributed by atoms with Gasteiger partial charge in [-0.15, -0.1) is 0 Å². The van der Waals surface area contributed by atoms with E-state index in [1.54, 1.807) is 18.2 Å². The van der Waals surface area contributed by atoms with Gasteiger partial charge < -0.3 is 0 Å². The summed E-state index contributed by atoms with van der Waals surface area (Å²) in [6.07, 6.45) is 0. The summed E-state index contributed by atoms with van der Waals surface area (Å²) < 4.78 is 4.87. The quantitative estimate of drug-likeness (QED) is 0.742. The van der Waals surface area contributed by atoms with E-state index in [1.165, 1.54) is 0 Å². The molecule has 5 heteroatoms. The molecule has 0 spiro atoms. The number of hydrogen-bond acceptors (Lipinski definition) is 2. The molecule has 19 heavy (non-hydrogen) atoms. The van der Waals surface area contributed by atoms with Gasteiger partial charge in [0.05, 0.1) is 0 Å². The number of amides is 2. The number of carbonyl (C=O) groups is 2. The fourth-order valence-corrected chi connectivity index (χ4v) is 6.15. The molecule has 3 N–H and O–H groups in total. The molecule has 4 nitrogen and oxygen atoms in total. The summed E-state index contributed by atoms with van der Waals surface area (Å²) in [5.74, 6) is -0.530. The third kappa shape index (κ3) is 1.93. The van der Waals surface area contributed by atoms with Gasteiger partial charge in [-0.05, 0) is 0 Å². The summed E-state index contributed by atoms with van der Waals surface area (Å²) in [6.45, 7) is 0. The van der Waals surface area contributed by atoms with Crippen LogP contribution in [0.3, 0.4) is 0 Å². The van der Waals surface area contributed by atoms with Gasteiger partial charge in [-0.2, -0.15) is 0 Å². The summed E-state index contributed by atoms with van der Waals surface area (Å²) >= 11 is -1.73. The zero-order chi connectivity index (χ0) is 13.4. The van der Waals surface area contributed by atoms with Crippen molar-refractivity contribution >= 4 is 34.9 Å². The second kappa shape index (κ2) is 4.53. The predicted octanol–water partition coefficient (Wildman–Crippen LogP) is -0.365. The summed E-state index contributed by atoms with van der Waals surface area (Å²) in [7, 11) is 0.